The maximum atomic E-state index is 10.6. The van der Waals surface area contributed by atoms with Crippen molar-refractivity contribution in [3.63, 3.8) is 0 Å². The van der Waals surface area contributed by atoms with Crippen LogP contribution in [0.5, 0.6) is 0 Å². The van der Waals surface area contributed by atoms with E-state index in [0.29, 0.717) is 11.3 Å². The van der Waals surface area contributed by atoms with Crippen molar-refractivity contribution in [3.05, 3.63) is 81.9 Å². The Balaban J connectivity index is 2.21. The van der Waals surface area contributed by atoms with Gasteiger partial charge in [-0.15, -0.1) is 0 Å². The SMILES string of the molecule is O=[N+]([O-])c1ccc(C(/C=C/c2ccccc2)=N/O)cc1. The van der Waals surface area contributed by atoms with Crippen LogP contribution in [0.3, 0.4) is 0 Å². The molecule has 0 spiro atoms. The number of nitro benzene ring substituents is 1. The summed E-state index contributed by atoms with van der Waals surface area (Å²) in [6, 6.07) is 15.4. The molecule has 5 heteroatoms. The van der Waals surface area contributed by atoms with Gasteiger partial charge < -0.3 is 5.21 Å². The van der Waals surface area contributed by atoms with Crippen molar-refractivity contribution in [2.24, 2.45) is 5.16 Å². The first kappa shape index (κ1) is 13.5. The highest BCUT2D eigenvalue weighted by Crippen LogP contribution is 2.13. The van der Waals surface area contributed by atoms with Crippen molar-refractivity contribution >= 4 is 17.5 Å². The first-order valence-electron chi connectivity index (χ1n) is 5.91. The Morgan fingerprint density at radius 2 is 1.75 bits per heavy atom. The number of allylic oxidation sites excluding steroid dienone is 1. The average molecular weight is 268 g/mol. The Hall–Kier alpha value is -2.95. The highest BCUT2D eigenvalue weighted by molar-refractivity contribution is 6.10. The maximum absolute atomic E-state index is 10.6. The third kappa shape index (κ3) is 3.29. The molecule has 0 amide bonds. The molecular weight excluding hydrogens is 256 g/mol. The Morgan fingerprint density at radius 3 is 2.30 bits per heavy atom. The zero-order valence-electron chi connectivity index (χ0n) is 10.5. The van der Waals surface area contributed by atoms with E-state index in [1.807, 2.05) is 30.3 Å². The topological polar surface area (TPSA) is 75.7 Å². The molecule has 0 aliphatic rings. The van der Waals surface area contributed by atoms with Crippen LogP contribution in [0.4, 0.5) is 5.69 Å². The molecule has 0 fully saturated rings. The molecule has 0 atom stereocenters. The molecule has 100 valence electrons. The lowest BCUT2D eigenvalue weighted by Gasteiger charge is -1.99. The average Bonchev–Trinajstić information content (AvgIpc) is 2.49. The van der Waals surface area contributed by atoms with E-state index in [2.05, 4.69) is 5.16 Å². The van der Waals surface area contributed by atoms with E-state index < -0.39 is 4.92 Å². The molecule has 2 aromatic carbocycles. The van der Waals surface area contributed by atoms with Crippen LogP contribution in [-0.4, -0.2) is 15.8 Å². The molecule has 0 aromatic heterocycles. The third-order valence-corrected chi connectivity index (χ3v) is 2.71. The van der Waals surface area contributed by atoms with Gasteiger partial charge in [-0.2, -0.15) is 0 Å². The van der Waals surface area contributed by atoms with Gasteiger partial charge in [-0.3, -0.25) is 10.1 Å². The second-order valence-corrected chi connectivity index (χ2v) is 4.03. The quantitative estimate of drug-likeness (QED) is 0.399. The van der Waals surface area contributed by atoms with E-state index in [1.54, 1.807) is 24.3 Å². The molecule has 0 saturated heterocycles. The monoisotopic (exact) mass is 268 g/mol. The lowest BCUT2D eigenvalue weighted by Crippen LogP contribution is -1.97. The summed E-state index contributed by atoms with van der Waals surface area (Å²) in [4.78, 5) is 10.1. The maximum Gasteiger partial charge on any atom is 0.269 e. The summed E-state index contributed by atoms with van der Waals surface area (Å²) in [5.74, 6) is 0. The fraction of sp³-hybridized carbons (Fsp3) is 0. The number of rotatable bonds is 4. The largest absolute Gasteiger partial charge is 0.410 e. The summed E-state index contributed by atoms with van der Waals surface area (Å²) in [6.07, 6.45) is 3.45. The standard InChI is InChI=1S/C15H12N2O3/c18-16-15(11-6-12-4-2-1-3-5-12)13-7-9-14(10-8-13)17(19)20/h1-11,18H/b11-6+,16-15+. The molecule has 0 aliphatic carbocycles. The normalized spacial score (nSPS) is 11.7. The second-order valence-electron chi connectivity index (χ2n) is 4.03. The minimum atomic E-state index is -0.473. The highest BCUT2D eigenvalue weighted by Gasteiger charge is 2.06. The molecule has 2 aromatic rings. The Labute approximate surface area is 115 Å². The molecule has 20 heavy (non-hydrogen) atoms. The predicted octanol–water partition coefficient (Wildman–Crippen LogP) is 3.49. The van der Waals surface area contributed by atoms with Gasteiger partial charge in [0.1, 0.15) is 5.71 Å². The molecule has 1 N–H and O–H groups in total. The van der Waals surface area contributed by atoms with Gasteiger partial charge >= 0.3 is 0 Å². The van der Waals surface area contributed by atoms with Crippen LogP contribution in [0, 0.1) is 10.1 Å². The first-order valence-corrected chi connectivity index (χ1v) is 5.91. The van der Waals surface area contributed by atoms with Gasteiger partial charge in [0.15, 0.2) is 0 Å². The summed E-state index contributed by atoms with van der Waals surface area (Å²) < 4.78 is 0. The zero-order valence-corrected chi connectivity index (χ0v) is 10.5. The van der Waals surface area contributed by atoms with Crippen molar-refractivity contribution in [3.8, 4) is 0 Å². The van der Waals surface area contributed by atoms with Crippen molar-refractivity contribution < 1.29 is 10.1 Å². The lowest BCUT2D eigenvalue weighted by molar-refractivity contribution is -0.384. The fourth-order valence-corrected chi connectivity index (χ4v) is 1.68. The smallest absolute Gasteiger partial charge is 0.269 e. The summed E-state index contributed by atoms with van der Waals surface area (Å²) in [5, 5.41) is 22.8. The molecule has 0 bridgehead atoms. The molecular formula is C15H12N2O3. The number of non-ortho nitro benzene ring substituents is 1. The number of hydrogen-bond donors (Lipinski definition) is 1. The summed E-state index contributed by atoms with van der Waals surface area (Å²) >= 11 is 0. The molecule has 0 radical (unpaired) electrons. The van der Waals surface area contributed by atoms with Gasteiger partial charge in [0.25, 0.3) is 5.69 Å². The van der Waals surface area contributed by atoms with Crippen molar-refractivity contribution in [1.82, 2.24) is 0 Å². The first-order chi connectivity index (χ1) is 9.70. The van der Waals surface area contributed by atoms with Crippen LogP contribution in [0.2, 0.25) is 0 Å². The van der Waals surface area contributed by atoms with Gasteiger partial charge in [-0.25, -0.2) is 0 Å². The molecule has 0 aliphatic heterocycles. The minimum absolute atomic E-state index is 0.00178. The van der Waals surface area contributed by atoms with Gasteiger partial charge in [0.05, 0.1) is 4.92 Å². The third-order valence-electron chi connectivity index (χ3n) is 2.71. The molecule has 2 rings (SSSR count). The number of nitro groups is 1. The van der Waals surface area contributed by atoms with E-state index in [9.17, 15) is 10.1 Å². The zero-order chi connectivity index (χ0) is 14.4. The van der Waals surface area contributed by atoms with Crippen LogP contribution >= 0.6 is 0 Å². The van der Waals surface area contributed by atoms with E-state index in [0.717, 1.165) is 5.56 Å². The predicted molar refractivity (Wildman–Crippen MR) is 76.9 cm³/mol. The minimum Gasteiger partial charge on any atom is -0.410 e. The van der Waals surface area contributed by atoms with Crippen molar-refractivity contribution in [2.45, 2.75) is 0 Å². The van der Waals surface area contributed by atoms with Crippen LogP contribution in [-0.2, 0) is 0 Å². The Bertz CT molecular complexity index is 647. The number of benzene rings is 2. The van der Waals surface area contributed by atoms with E-state index in [1.165, 1.54) is 12.1 Å². The Morgan fingerprint density at radius 1 is 1.10 bits per heavy atom. The van der Waals surface area contributed by atoms with E-state index in [-0.39, 0.29) is 5.69 Å². The summed E-state index contributed by atoms with van der Waals surface area (Å²) in [7, 11) is 0. The summed E-state index contributed by atoms with van der Waals surface area (Å²) in [6.45, 7) is 0. The van der Waals surface area contributed by atoms with Crippen LogP contribution < -0.4 is 0 Å². The van der Waals surface area contributed by atoms with E-state index in [4.69, 9.17) is 5.21 Å². The molecule has 0 unspecified atom stereocenters. The Kier molecular flexibility index (Phi) is 4.24. The van der Waals surface area contributed by atoms with Crippen molar-refractivity contribution in [2.75, 3.05) is 0 Å². The van der Waals surface area contributed by atoms with Crippen molar-refractivity contribution in [1.29, 1.82) is 0 Å². The molecule has 5 nitrogen and oxygen atoms in total. The van der Waals surface area contributed by atoms with Gasteiger partial charge in [0.2, 0.25) is 0 Å². The van der Waals surface area contributed by atoms with Gasteiger partial charge in [-0.1, -0.05) is 41.6 Å². The van der Waals surface area contributed by atoms with Crippen LogP contribution in [0.25, 0.3) is 6.08 Å². The molecule has 0 heterocycles. The van der Waals surface area contributed by atoms with Gasteiger partial charge in [0, 0.05) is 17.7 Å². The molecule has 0 saturated carbocycles. The summed E-state index contributed by atoms with van der Waals surface area (Å²) in [5.41, 5.74) is 1.91. The van der Waals surface area contributed by atoms with Crippen LogP contribution in [0.15, 0.2) is 65.8 Å². The number of nitrogens with zero attached hydrogens (tertiary/aromatic N) is 2. The van der Waals surface area contributed by atoms with E-state index >= 15 is 0 Å². The highest BCUT2D eigenvalue weighted by atomic mass is 16.6. The number of oxime groups is 1. The van der Waals surface area contributed by atoms with Crippen LogP contribution in [0.1, 0.15) is 11.1 Å². The fourth-order valence-electron chi connectivity index (χ4n) is 1.68. The van der Waals surface area contributed by atoms with Gasteiger partial charge in [-0.05, 0) is 23.8 Å². The lowest BCUT2D eigenvalue weighted by atomic mass is 10.1. The second kappa shape index (κ2) is 6.29. The number of hydrogen-bond acceptors (Lipinski definition) is 4.